The molecular weight excluding hydrogens is 734 g/mol. The van der Waals surface area contributed by atoms with Crippen molar-refractivity contribution in [2.45, 2.75) is 65.7 Å². The number of terminal acetylenes is 2. The van der Waals surface area contributed by atoms with Crippen molar-refractivity contribution in [2.24, 2.45) is 5.92 Å². The number of Topliss-reactive ketones (excluding diaryl/α,β-unsaturated/α-hetero) is 2. The SMILES string of the molecule is C#CC#Cc1ccc(C(=O)N[C@@H](CNC(=O)OC(C)(C)C)C(=O)COC)cc1.C#CC#Cc1ccc(C(=O)O)cc1.COCC(=O)[C@@H](C)CNC(=O)OC(C)(C)C. The number of carbonyl (C=O) groups is 6. The normalized spacial score (nSPS) is 11.0. The Bertz CT molecular complexity index is 1870. The first-order chi connectivity index (χ1) is 26.7. The van der Waals surface area contributed by atoms with Crippen molar-refractivity contribution in [2.75, 3.05) is 40.5 Å². The molecule has 0 saturated carbocycles. The van der Waals surface area contributed by atoms with Crippen LogP contribution in [0.2, 0.25) is 0 Å². The van der Waals surface area contributed by atoms with Gasteiger partial charge in [0.1, 0.15) is 30.5 Å². The van der Waals surface area contributed by atoms with Gasteiger partial charge in [0.2, 0.25) is 0 Å². The maximum absolute atomic E-state index is 12.4. The average Bonchev–Trinajstić information content (AvgIpc) is 3.13. The van der Waals surface area contributed by atoms with Crippen LogP contribution >= 0.6 is 0 Å². The summed E-state index contributed by atoms with van der Waals surface area (Å²) in [6.07, 6.45) is 8.82. The molecule has 304 valence electrons. The lowest BCUT2D eigenvalue weighted by molar-refractivity contribution is -0.126. The molecule has 0 radical (unpaired) electrons. The van der Waals surface area contributed by atoms with Crippen LogP contribution in [-0.4, -0.2) is 98.5 Å². The van der Waals surface area contributed by atoms with E-state index >= 15 is 0 Å². The lowest BCUT2D eigenvalue weighted by atomic mass is 10.1. The first-order valence-corrected chi connectivity index (χ1v) is 17.3. The molecule has 14 nitrogen and oxygen atoms in total. The van der Waals surface area contributed by atoms with Crippen LogP contribution in [0.5, 0.6) is 0 Å². The number of ether oxygens (including phenoxy) is 4. The summed E-state index contributed by atoms with van der Waals surface area (Å²) in [6, 6.07) is 11.7. The lowest BCUT2D eigenvalue weighted by Gasteiger charge is -2.22. The highest BCUT2D eigenvalue weighted by molar-refractivity contribution is 5.98. The van der Waals surface area contributed by atoms with Gasteiger partial charge < -0.3 is 40.0 Å². The highest BCUT2D eigenvalue weighted by Crippen LogP contribution is 2.08. The largest absolute Gasteiger partial charge is 0.478 e. The van der Waals surface area contributed by atoms with Gasteiger partial charge >= 0.3 is 18.2 Å². The monoisotopic (exact) mass is 785 g/mol. The maximum atomic E-state index is 12.4. The van der Waals surface area contributed by atoms with Gasteiger partial charge in [-0.2, -0.15) is 0 Å². The fraction of sp³-hybridized carbons (Fsp3) is 0.395. The summed E-state index contributed by atoms with van der Waals surface area (Å²) in [7, 11) is 2.83. The highest BCUT2D eigenvalue weighted by Gasteiger charge is 2.24. The van der Waals surface area contributed by atoms with Gasteiger partial charge in [0.05, 0.1) is 5.56 Å². The number of carboxylic acid groups (broad SMARTS) is 1. The van der Waals surface area contributed by atoms with Crippen molar-refractivity contribution >= 4 is 35.6 Å². The molecule has 14 heteroatoms. The Morgan fingerprint density at radius 1 is 0.667 bits per heavy atom. The van der Waals surface area contributed by atoms with Gasteiger partial charge in [-0.25, -0.2) is 14.4 Å². The van der Waals surface area contributed by atoms with E-state index in [1.54, 1.807) is 84.9 Å². The van der Waals surface area contributed by atoms with E-state index < -0.39 is 41.3 Å². The molecule has 0 aromatic heterocycles. The summed E-state index contributed by atoms with van der Waals surface area (Å²) in [4.78, 5) is 69.5. The van der Waals surface area contributed by atoms with Crippen LogP contribution in [0.1, 0.15) is 80.3 Å². The van der Waals surface area contributed by atoms with Crippen LogP contribution in [0.15, 0.2) is 48.5 Å². The number of ketones is 2. The number of alkyl carbamates (subject to hydrolysis) is 2. The van der Waals surface area contributed by atoms with Crippen LogP contribution in [0, 0.1) is 54.3 Å². The van der Waals surface area contributed by atoms with Crippen molar-refractivity contribution < 1.29 is 52.8 Å². The highest BCUT2D eigenvalue weighted by atomic mass is 16.6. The quantitative estimate of drug-likeness (QED) is 0.212. The molecule has 2 aromatic rings. The van der Waals surface area contributed by atoms with Crippen molar-refractivity contribution in [3.63, 3.8) is 0 Å². The summed E-state index contributed by atoms with van der Waals surface area (Å²) < 4.78 is 19.7. The zero-order chi connectivity index (χ0) is 43.6. The molecule has 0 unspecified atom stereocenters. The number of carbonyl (C=O) groups excluding carboxylic acids is 5. The Hall–Kier alpha value is -6.58. The molecule has 57 heavy (non-hydrogen) atoms. The molecule has 0 heterocycles. The fourth-order valence-electron chi connectivity index (χ4n) is 3.80. The molecule has 0 spiro atoms. The van der Waals surface area contributed by atoms with Crippen molar-refractivity contribution in [1.29, 1.82) is 0 Å². The van der Waals surface area contributed by atoms with E-state index in [1.807, 2.05) is 0 Å². The number of aromatic carboxylic acids is 1. The molecule has 0 saturated heterocycles. The summed E-state index contributed by atoms with van der Waals surface area (Å²) in [6.45, 7) is 12.2. The lowest BCUT2D eigenvalue weighted by Crippen LogP contribution is -2.50. The molecule has 0 fully saturated rings. The predicted molar refractivity (Wildman–Crippen MR) is 214 cm³/mol. The molecular formula is C43H51N3O11. The van der Waals surface area contributed by atoms with E-state index in [0.717, 1.165) is 0 Å². The van der Waals surface area contributed by atoms with E-state index in [9.17, 15) is 28.8 Å². The second-order valence-electron chi connectivity index (χ2n) is 13.7. The maximum Gasteiger partial charge on any atom is 0.407 e. The van der Waals surface area contributed by atoms with Gasteiger partial charge in [0.25, 0.3) is 5.91 Å². The van der Waals surface area contributed by atoms with E-state index in [2.05, 4.69) is 51.5 Å². The topological polar surface area (TPSA) is 196 Å². The molecule has 0 aliphatic rings. The number of nitrogens with one attached hydrogen (secondary N) is 3. The first kappa shape index (κ1) is 50.4. The number of methoxy groups -OCH3 is 2. The minimum absolute atomic E-state index is 0.0430. The number of hydrogen-bond donors (Lipinski definition) is 4. The molecule has 2 aromatic carbocycles. The van der Waals surface area contributed by atoms with E-state index in [-0.39, 0.29) is 49.4 Å². The van der Waals surface area contributed by atoms with Crippen molar-refractivity contribution in [3.05, 3.63) is 70.8 Å². The van der Waals surface area contributed by atoms with Crippen LogP contribution in [0.25, 0.3) is 0 Å². The van der Waals surface area contributed by atoms with Crippen LogP contribution < -0.4 is 16.0 Å². The number of rotatable bonds is 13. The van der Waals surface area contributed by atoms with Gasteiger partial charge in [0.15, 0.2) is 11.6 Å². The van der Waals surface area contributed by atoms with Gasteiger partial charge in [-0.05, 0) is 114 Å². The van der Waals surface area contributed by atoms with Gasteiger partial charge in [-0.15, -0.1) is 12.8 Å². The smallest absolute Gasteiger partial charge is 0.407 e. The summed E-state index contributed by atoms with van der Waals surface area (Å²) in [5, 5.41) is 16.2. The second-order valence-corrected chi connectivity index (χ2v) is 13.7. The zero-order valence-corrected chi connectivity index (χ0v) is 33.8. The Labute approximate surface area is 335 Å². The molecule has 0 aliphatic heterocycles. The molecule has 0 bridgehead atoms. The van der Waals surface area contributed by atoms with Crippen LogP contribution in [-0.2, 0) is 28.5 Å². The molecule has 2 atom stereocenters. The van der Waals surface area contributed by atoms with Crippen molar-refractivity contribution in [3.8, 4) is 48.4 Å². The Kier molecular flexibility index (Phi) is 23.2. The summed E-state index contributed by atoms with van der Waals surface area (Å²) in [5.41, 5.74) is 0.744. The standard InChI is InChI=1S/C21H24N2O5.C11H21NO4.C11H6O2/c1-6-7-8-15-9-11-16(12-10-15)19(25)23-17(18(24)14-27-5)13-22-20(26)28-21(2,3)4;1-8(9(13)7-15-5)6-12-10(14)16-11(2,3)4;1-2-3-4-9-5-7-10(8-6-9)11(12)13/h1,9-12,17H,13-14H2,2-5H3,(H,22,26)(H,23,25);8H,6-7H2,1-5H3,(H,12,14);1,5-8H,(H,12,13)/t17-;8-;/m00./s1. The van der Waals surface area contributed by atoms with Crippen LogP contribution in [0.3, 0.4) is 0 Å². The Morgan fingerprint density at radius 2 is 1.07 bits per heavy atom. The second kappa shape index (κ2) is 26.3. The molecule has 4 N–H and O–H groups in total. The van der Waals surface area contributed by atoms with E-state index in [0.29, 0.717) is 16.7 Å². The predicted octanol–water partition coefficient (Wildman–Crippen LogP) is 4.24. The summed E-state index contributed by atoms with van der Waals surface area (Å²) >= 11 is 0. The fourth-order valence-corrected chi connectivity index (χ4v) is 3.80. The number of amides is 3. The van der Waals surface area contributed by atoms with Gasteiger partial charge in [-0.1, -0.05) is 18.8 Å². The molecule has 2 rings (SSSR count). The molecule has 3 amide bonds. The number of hydrogen-bond acceptors (Lipinski definition) is 10. The average molecular weight is 786 g/mol. The third-order valence-electron chi connectivity index (χ3n) is 6.45. The van der Waals surface area contributed by atoms with E-state index in [4.69, 9.17) is 36.9 Å². The van der Waals surface area contributed by atoms with Gasteiger partial charge in [-0.3, -0.25) is 14.4 Å². The minimum atomic E-state index is -0.971. The van der Waals surface area contributed by atoms with Crippen LogP contribution in [0.4, 0.5) is 9.59 Å². The number of carboxylic acids is 1. The first-order valence-electron chi connectivity index (χ1n) is 17.3. The third-order valence-corrected chi connectivity index (χ3v) is 6.45. The van der Waals surface area contributed by atoms with Gasteiger partial charge in [0, 0.05) is 49.9 Å². The molecule has 0 aliphatic carbocycles. The Balaban J connectivity index is 0.000000911. The third kappa shape index (κ3) is 24.4. The van der Waals surface area contributed by atoms with Crippen molar-refractivity contribution in [1.82, 2.24) is 16.0 Å². The summed E-state index contributed by atoms with van der Waals surface area (Å²) in [5.74, 6) is 12.6. The minimum Gasteiger partial charge on any atom is -0.478 e. The zero-order valence-electron chi connectivity index (χ0n) is 33.8. The Morgan fingerprint density at radius 3 is 1.46 bits per heavy atom. The number of benzene rings is 2. The van der Waals surface area contributed by atoms with E-state index in [1.165, 1.54) is 26.4 Å².